The fourth-order valence-electron chi connectivity index (χ4n) is 4.50. The van der Waals surface area contributed by atoms with Crippen LogP contribution in [0, 0.1) is 11.3 Å². The van der Waals surface area contributed by atoms with Crippen molar-refractivity contribution in [2.75, 3.05) is 13.1 Å². The number of likely N-dealkylation sites (tertiary alicyclic amines) is 1. The van der Waals surface area contributed by atoms with Gasteiger partial charge >= 0.3 is 0 Å². The fourth-order valence-corrected chi connectivity index (χ4v) is 4.50. The van der Waals surface area contributed by atoms with Gasteiger partial charge in [-0.15, -0.1) is 0 Å². The first-order valence-electron chi connectivity index (χ1n) is 9.75. The van der Waals surface area contributed by atoms with Crippen LogP contribution in [0.3, 0.4) is 0 Å². The summed E-state index contributed by atoms with van der Waals surface area (Å²) >= 11 is 0. The van der Waals surface area contributed by atoms with Gasteiger partial charge in [-0.3, -0.25) is 4.79 Å². The highest BCUT2D eigenvalue weighted by Gasteiger charge is 2.29. The molecular weight excluding hydrogens is 324 g/mol. The average Bonchev–Trinajstić information content (AvgIpc) is 3.29. The van der Waals surface area contributed by atoms with Crippen LogP contribution in [-0.4, -0.2) is 41.0 Å². The van der Waals surface area contributed by atoms with Crippen LogP contribution in [0.5, 0.6) is 0 Å². The number of carbonyl (C=O) groups is 1. The largest absolute Gasteiger partial charge is 0.358 e. The van der Waals surface area contributed by atoms with Crippen LogP contribution in [0.25, 0.3) is 10.9 Å². The SMILES string of the molecule is CCc1cccc2c3c([nH]c12)CCC(NCC(=O)N1CCCC1C#N)C3. The first kappa shape index (κ1) is 17.1. The van der Waals surface area contributed by atoms with E-state index in [0.29, 0.717) is 12.6 Å². The molecule has 1 aliphatic carbocycles. The molecule has 2 heterocycles. The molecule has 5 nitrogen and oxygen atoms in total. The van der Waals surface area contributed by atoms with E-state index >= 15 is 0 Å². The number of nitrogens with zero attached hydrogens (tertiary/aromatic N) is 2. The number of nitriles is 1. The van der Waals surface area contributed by atoms with Crippen LogP contribution in [-0.2, 0) is 24.1 Å². The number of carbonyl (C=O) groups excluding carboxylic acids is 1. The quantitative estimate of drug-likeness (QED) is 0.890. The van der Waals surface area contributed by atoms with Crippen LogP contribution in [0.15, 0.2) is 18.2 Å². The number of para-hydroxylation sites is 1. The van der Waals surface area contributed by atoms with Crippen molar-refractivity contribution >= 4 is 16.8 Å². The standard InChI is InChI=1S/C21H26N4O/c1-2-14-5-3-7-17-18-11-15(8-9-19(18)24-21(14)17)23-13-20(26)25-10-4-6-16(25)12-22/h3,5,7,15-16,23-24H,2,4,6,8-11,13H2,1H3. The number of hydrogen-bond donors (Lipinski definition) is 2. The Labute approximate surface area is 154 Å². The molecule has 0 saturated carbocycles. The summed E-state index contributed by atoms with van der Waals surface area (Å²) in [7, 11) is 0. The molecule has 1 aliphatic heterocycles. The molecule has 1 fully saturated rings. The molecule has 2 N–H and O–H groups in total. The number of nitrogens with one attached hydrogen (secondary N) is 2. The second kappa shape index (κ2) is 7.13. The molecule has 1 amide bonds. The first-order valence-corrected chi connectivity index (χ1v) is 9.75. The molecule has 26 heavy (non-hydrogen) atoms. The van der Waals surface area contributed by atoms with Gasteiger partial charge in [0.15, 0.2) is 0 Å². The monoisotopic (exact) mass is 350 g/mol. The Hall–Kier alpha value is -2.32. The van der Waals surface area contributed by atoms with Gasteiger partial charge in [-0.1, -0.05) is 25.1 Å². The van der Waals surface area contributed by atoms with Crippen LogP contribution in [0.2, 0.25) is 0 Å². The number of fused-ring (bicyclic) bond motifs is 3. The molecule has 1 saturated heterocycles. The van der Waals surface area contributed by atoms with E-state index in [1.165, 1.54) is 27.7 Å². The van der Waals surface area contributed by atoms with Crippen molar-refractivity contribution in [3.05, 3.63) is 35.0 Å². The molecule has 2 aromatic rings. The van der Waals surface area contributed by atoms with E-state index in [4.69, 9.17) is 5.26 Å². The lowest BCUT2D eigenvalue weighted by Crippen LogP contribution is -2.44. The summed E-state index contributed by atoms with van der Waals surface area (Å²) in [5.74, 6) is 0.0621. The number of benzene rings is 1. The number of H-pyrrole nitrogens is 1. The lowest BCUT2D eigenvalue weighted by Gasteiger charge is -2.25. The summed E-state index contributed by atoms with van der Waals surface area (Å²) in [5, 5.41) is 14.0. The maximum absolute atomic E-state index is 12.5. The fraction of sp³-hybridized carbons (Fsp3) is 0.524. The first-order chi connectivity index (χ1) is 12.7. The Balaban J connectivity index is 1.44. The van der Waals surface area contributed by atoms with Crippen LogP contribution < -0.4 is 5.32 Å². The van der Waals surface area contributed by atoms with Gasteiger partial charge < -0.3 is 15.2 Å². The van der Waals surface area contributed by atoms with E-state index in [1.807, 2.05) is 0 Å². The Morgan fingerprint density at radius 3 is 3.12 bits per heavy atom. The van der Waals surface area contributed by atoms with Gasteiger partial charge in [0.2, 0.25) is 5.91 Å². The van der Waals surface area contributed by atoms with Crippen molar-refractivity contribution < 1.29 is 4.79 Å². The summed E-state index contributed by atoms with van der Waals surface area (Å²) in [5.41, 5.74) is 5.41. The Morgan fingerprint density at radius 1 is 1.42 bits per heavy atom. The smallest absolute Gasteiger partial charge is 0.237 e. The molecular formula is C21H26N4O. The van der Waals surface area contributed by atoms with Crippen molar-refractivity contribution in [2.45, 2.75) is 57.5 Å². The highest BCUT2D eigenvalue weighted by molar-refractivity contribution is 5.87. The maximum atomic E-state index is 12.5. The zero-order valence-electron chi connectivity index (χ0n) is 15.3. The van der Waals surface area contributed by atoms with Crippen molar-refractivity contribution in [2.24, 2.45) is 0 Å². The molecule has 1 aromatic heterocycles. The third-order valence-corrected chi connectivity index (χ3v) is 5.95. The Morgan fingerprint density at radius 2 is 2.31 bits per heavy atom. The minimum absolute atomic E-state index is 0.0621. The molecule has 5 heteroatoms. The van der Waals surface area contributed by atoms with Crippen molar-refractivity contribution in [3.8, 4) is 6.07 Å². The molecule has 136 valence electrons. The molecule has 0 bridgehead atoms. The lowest BCUT2D eigenvalue weighted by atomic mass is 9.91. The van der Waals surface area contributed by atoms with Gasteiger partial charge in [-0.2, -0.15) is 5.26 Å². The van der Waals surface area contributed by atoms with Gasteiger partial charge in [0, 0.05) is 29.2 Å². The third kappa shape index (κ3) is 2.99. The predicted molar refractivity (Wildman–Crippen MR) is 102 cm³/mol. The van der Waals surface area contributed by atoms with Gasteiger partial charge in [0.1, 0.15) is 6.04 Å². The summed E-state index contributed by atoms with van der Waals surface area (Å²) < 4.78 is 0. The zero-order valence-corrected chi connectivity index (χ0v) is 15.3. The highest BCUT2D eigenvalue weighted by Crippen LogP contribution is 2.31. The average molecular weight is 350 g/mol. The van der Waals surface area contributed by atoms with E-state index in [9.17, 15) is 4.79 Å². The van der Waals surface area contributed by atoms with Crippen molar-refractivity contribution in [3.63, 3.8) is 0 Å². The Bertz CT molecular complexity index is 863. The van der Waals surface area contributed by atoms with E-state index in [2.05, 4.69) is 41.5 Å². The molecule has 0 radical (unpaired) electrons. The van der Waals surface area contributed by atoms with Gasteiger partial charge in [0.05, 0.1) is 12.6 Å². The molecule has 2 atom stereocenters. The number of aryl methyl sites for hydroxylation is 2. The summed E-state index contributed by atoms with van der Waals surface area (Å²) in [6, 6.07) is 8.88. The normalized spacial score (nSPS) is 22.4. The maximum Gasteiger partial charge on any atom is 0.237 e. The molecule has 0 spiro atoms. The summed E-state index contributed by atoms with van der Waals surface area (Å²) in [4.78, 5) is 17.8. The van der Waals surface area contributed by atoms with Gasteiger partial charge in [0.25, 0.3) is 0 Å². The second-order valence-electron chi connectivity index (χ2n) is 7.47. The lowest BCUT2D eigenvalue weighted by molar-refractivity contribution is -0.130. The third-order valence-electron chi connectivity index (χ3n) is 5.95. The van der Waals surface area contributed by atoms with Crippen LogP contribution in [0.1, 0.15) is 43.0 Å². The number of hydrogen-bond acceptors (Lipinski definition) is 3. The van der Waals surface area contributed by atoms with Crippen LogP contribution in [0.4, 0.5) is 0 Å². The van der Waals surface area contributed by atoms with E-state index in [1.54, 1.807) is 4.90 Å². The molecule has 1 aromatic carbocycles. The number of aromatic amines is 1. The van der Waals surface area contributed by atoms with Gasteiger partial charge in [-0.25, -0.2) is 0 Å². The molecule has 4 rings (SSSR count). The number of aromatic nitrogens is 1. The van der Waals surface area contributed by atoms with Crippen molar-refractivity contribution in [1.82, 2.24) is 15.2 Å². The number of amides is 1. The Kier molecular flexibility index (Phi) is 4.69. The highest BCUT2D eigenvalue weighted by atomic mass is 16.2. The predicted octanol–water partition coefficient (Wildman–Crippen LogP) is 2.69. The summed E-state index contributed by atoms with van der Waals surface area (Å²) in [6.07, 6.45) is 5.79. The van der Waals surface area contributed by atoms with Gasteiger partial charge in [-0.05, 0) is 49.7 Å². The van der Waals surface area contributed by atoms with E-state index < -0.39 is 0 Å². The zero-order chi connectivity index (χ0) is 18.1. The summed E-state index contributed by atoms with van der Waals surface area (Å²) in [6.45, 7) is 3.24. The minimum atomic E-state index is -0.233. The topological polar surface area (TPSA) is 71.9 Å². The van der Waals surface area contributed by atoms with Crippen molar-refractivity contribution in [1.29, 1.82) is 5.26 Å². The van der Waals surface area contributed by atoms with Crippen LogP contribution >= 0.6 is 0 Å². The molecule has 2 unspecified atom stereocenters. The van der Waals surface area contributed by atoms with E-state index in [0.717, 1.165) is 45.1 Å². The minimum Gasteiger partial charge on any atom is -0.358 e. The number of rotatable bonds is 4. The molecule has 2 aliphatic rings. The van der Waals surface area contributed by atoms with E-state index in [-0.39, 0.29) is 11.9 Å². The second-order valence-corrected chi connectivity index (χ2v) is 7.47.